The number of H-pyrrole nitrogens is 2. The minimum Gasteiger partial charge on any atom is -0.497 e. The molecule has 318 valence electrons. The molecule has 0 aliphatic carbocycles. The molecule has 3 heterocycles. The third kappa shape index (κ3) is 10.1. The van der Waals surface area contributed by atoms with Gasteiger partial charge in [-0.2, -0.15) is 0 Å². The Balaban J connectivity index is 1.34. The number of aromatic nitrogens is 4. The number of nitrogens with one attached hydrogen (secondary N) is 2. The topological polar surface area (TPSA) is 212 Å². The van der Waals surface area contributed by atoms with Gasteiger partial charge in [-0.05, 0) is 66.6 Å². The summed E-state index contributed by atoms with van der Waals surface area (Å²) < 4.78 is 43.8. The molecule has 5 atom stereocenters. The van der Waals surface area contributed by atoms with E-state index < -0.39 is 71.9 Å². The van der Waals surface area contributed by atoms with Gasteiger partial charge in [0.25, 0.3) is 11.1 Å². The van der Waals surface area contributed by atoms with Gasteiger partial charge >= 0.3 is 24.1 Å². The molecule has 1 aliphatic heterocycles. The molecule has 0 bridgehead atoms. The molecule has 60 heavy (non-hydrogen) atoms. The number of nitrogens with zero attached hydrogens (tertiary/aromatic N) is 2. The number of ether oxygens (including phenoxy) is 5. The van der Waals surface area contributed by atoms with Crippen LogP contribution in [0.1, 0.15) is 47.4 Å². The Hall–Kier alpha value is -5.46. The van der Waals surface area contributed by atoms with Gasteiger partial charge in [-0.25, -0.2) is 9.59 Å². The predicted octanol–water partition coefficient (Wildman–Crippen LogP) is 3.57. The number of hydrogen-bond donors (Lipinski definition) is 3. The molecule has 0 radical (unpaired) electrons. The van der Waals surface area contributed by atoms with E-state index in [2.05, 4.69) is 9.97 Å². The van der Waals surface area contributed by atoms with Crippen molar-refractivity contribution in [3.63, 3.8) is 0 Å². The average Bonchev–Trinajstić information content (AvgIpc) is 3.62. The van der Waals surface area contributed by atoms with Gasteiger partial charge in [0.05, 0.1) is 34.0 Å². The quantitative estimate of drug-likeness (QED) is 0.0694. The molecule has 0 saturated carbocycles. The maximum Gasteiger partial charge on any atom is 0.330 e. The van der Waals surface area contributed by atoms with Crippen molar-refractivity contribution in [3.05, 3.63) is 161 Å². The van der Waals surface area contributed by atoms with E-state index in [1.165, 1.54) is 42.3 Å². The lowest BCUT2D eigenvalue weighted by Crippen LogP contribution is -2.39. The van der Waals surface area contributed by atoms with E-state index in [1.54, 1.807) is 38.5 Å². The van der Waals surface area contributed by atoms with E-state index >= 15 is 0 Å². The molecular weight excluding hydrogens is 820 g/mol. The molecule has 1 saturated heterocycles. The zero-order chi connectivity index (χ0) is 43.2. The summed E-state index contributed by atoms with van der Waals surface area (Å²) in [6.45, 7) is -1.04. The standard InChI is InChI=1S/C41H45N4O13PS/c1-25-20-44(39(49)42-37(25)47)22-33(58-59(51,60)55-24-35-34(56-27(3)46)19-36(57-35)45-21-26(2)38(48)43-40(45)50)23-54-41(28-9-7-6-8-10-28,29-11-15-31(52-4)16-12-29)30-13-17-32(53-5)18-14-30/h6-18,20-21,33-36H,19,22-24H2,1-5H3,(H,51,60)(H,42,47,49)(H,43,48,50). The van der Waals surface area contributed by atoms with Crippen LogP contribution < -0.4 is 32.0 Å². The molecule has 0 amide bonds. The Bertz CT molecular complexity index is 2530. The molecule has 19 heteroatoms. The van der Waals surface area contributed by atoms with E-state index in [9.17, 15) is 28.9 Å². The highest BCUT2D eigenvalue weighted by Crippen LogP contribution is 2.48. The second-order valence-electron chi connectivity index (χ2n) is 14.0. The zero-order valence-electron chi connectivity index (χ0n) is 33.4. The molecule has 1 fully saturated rings. The first-order chi connectivity index (χ1) is 28.6. The lowest BCUT2D eigenvalue weighted by Gasteiger charge is -2.37. The van der Waals surface area contributed by atoms with Crippen molar-refractivity contribution in [2.45, 2.75) is 63.9 Å². The molecular formula is C41H45N4O13PS. The van der Waals surface area contributed by atoms with E-state index in [4.69, 9.17) is 44.5 Å². The van der Waals surface area contributed by atoms with Crippen LogP contribution in [0.25, 0.3) is 0 Å². The number of carbonyl (C=O) groups excluding carboxylic acids is 1. The average molecular weight is 865 g/mol. The summed E-state index contributed by atoms with van der Waals surface area (Å²) in [4.78, 5) is 78.3. The second kappa shape index (κ2) is 18.9. The van der Waals surface area contributed by atoms with Crippen LogP contribution in [-0.2, 0) is 52.0 Å². The minimum atomic E-state index is -4.27. The Morgan fingerprint density at radius 1 is 0.867 bits per heavy atom. The first-order valence-corrected chi connectivity index (χ1v) is 21.3. The Labute approximate surface area is 348 Å². The van der Waals surface area contributed by atoms with Gasteiger partial charge < -0.3 is 37.6 Å². The van der Waals surface area contributed by atoms with E-state index in [0.717, 1.165) is 5.56 Å². The van der Waals surface area contributed by atoms with Crippen molar-refractivity contribution >= 4 is 24.5 Å². The van der Waals surface area contributed by atoms with Crippen molar-refractivity contribution in [1.29, 1.82) is 0 Å². The summed E-state index contributed by atoms with van der Waals surface area (Å²) >= 11 is 5.53. The molecule has 3 N–H and O–H groups in total. The maximum atomic E-state index is 13.1. The number of benzene rings is 3. The van der Waals surface area contributed by atoms with E-state index in [0.29, 0.717) is 22.6 Å². The highest BCUT2D eigenvalue weighted by molar-refractivity contribution is 8.07. The van der Waals surface area contributed by atoms with Crippen LogP contribution in [0.4, 0.5) is 0 Å². The number of hydrogen-bond acceptors (Lipinski definition) is 13. The lowest BCUT2D eigenvalue weighted by atomic mass is 9.80. The Kier molecular flexibility index (Phi) is 13.9. The third-order valence-corrected chi connectivity index (χ3v) is 11.5. The van der Waals surface area contributed by atoms with Crippen LogP contribution in [0.5, 0.6) is 11.5 Å². The van der Waals surface area contributed by atoms with Crippen LogP contribution in [0, 0.1) is 13.8 Å². The van der Waals surface area contributed by atoms with Crippen molar-refractivity contribution in [2.75, 3.05) is 27.4 Å². The van der Waals surface area contributed by atoms with Crippen LogP contribution in [0.2, 0.25) is 0 Å². The van der Waals surface area contributed by atoms with Crippen molar-refractivity contribution in [1.82, 2.24) is 19.1 Å². The van der Waals surface area contributed by atoms with Gasteiger partial charge in [-0.15, -0.1) is 0 Å². The maximum absolute atomic E-state index is 13.1. The monoisotopic (exact) mass is 864 g/mol. The number of aromatic amines is 2. The molecule has 5 unspecified atom stereocenters. The van der Waals surface area contributed by atoms with Crippen molar-refractivity contribution < 1.29 is 42.4 Å². The highest BCUT2D eigenvalue weighted by atomic mass is 32.5. The number of methoxy groups -OCH3 is 2. The zero-order valence-corrected chi connectivity index (χ0v) is 35.1. The fourth-order valence-electron chi connectivity index (χ4n) is 6.93. The van der Waals surface area contributed by atoms with Crippen LogP contribution in [-0.4, -0.2) is 75.7 Å². The molecule has 3 aromatic carbocycles. The largest absolute Gasteiger partial charge is 0.497 e. The van der Waals surface area contributed by atoms with Gasteiger partial charge in [0.2, 0.25) is 0 Å². The summed E-state index contributed by atoms with van der Waals surface area (Å²) in [6.07, 6.45) is -1.45. The third-order valence-electron chi connectivity index (χ3n) is 9.89. The van der Waals surface area contributed by atoms with Crippen LogP contribution in [0.15, 0.2) is 110 Å². The van der Waals surface area contributed by atoms with Crippen molar-refractivity contribution in [2.24, 2.45) is 0 Å². The number of rotatable bonds is 17. The molecule has 2 aromatic heterocycles. The summed E-state index contributed by atoms with van der Waals surface area (Å²) in [5.41, 5.74) is -1.35. The van der Waals surface area contributed by atoms with E-state index in [1.807, 2.05) is 54.6 Å². The van der Waals surface area contributed by atoms with E-state index in [-0.39, 0.29) is 30.7 Å². The van der Waals surface area contributed by atoms with Gasteiger partial charge in [0, 0.05) is 36.9 Å². The SMILES string of the molecule is COc1ccc(C(OCC(Cn2cc(C)c(=O)[nH]c2=O)OP(O)(=S)OCC2OC(n3cc(C)c(=O)[nH]c3=O)CC2OC(C)=O)(c2ccccc2)c2ccc(OC)cc2)cc1. The first kappa shape index (κ1) is 44.1. The minimum absolute atomic E-state index is 0.0113. The van der Waals surface area contributed by atoms with Gasteiger partial charge in [0.15, 0.2) is 0 Å². The Morgan fingerprint density at radius 3 is 1.98 bits per heavy atom. The summed E-state index contributed by atoms with van der Waals surface area (Å²) in [5, 5.41) is 0. The fourth-order valence-corrected chi connectivity index (χ4v) is 8.38. The smallest absolute Gasteiger partial charge is 0.330 e. The number of carbonyl (C=O) groups is 1. The summed E-state index contributed by atoms with van der Waals surface area (Å²) in [5.74, 6) is 0.585. The normalized spacial score (nSPS) is 18.1. The number of aryl methyl sites for hydroxylation is 2. The predicted molar refractivity (Wildman–Crippen MR) is 222 cm³/mol. The Morgan fingerprint density at radius 2 is 1.42 bits per heavy atom. The molecule has 6 rings (SSSR count). The molecule has 5 aromatic rings. The highest BCUT2D eigenvalue weighted by Gasteiger charge is 2.42. The summed E-state index contributed by atoms with van der Waals surface area (Å²) in [6, 6.07) is 24.0. The molecule has 1 aliphatic rings. The van der Waals surface area contributed by atoms with Crippen LogP contribution >= 0.6 is 6.72 Å². The molecule has 0 spiro atoms. The van der Waals surface area contributed by atoms with Crippen LogP contribution in [0.3, 0.4) is 0 Å². The second-order valence-corrected chi connectivity index (χ2v) is 16.8. The van der Waals surface area contributed by atoms with Gasteiger partial charge in [0.1, 0.15) is 41.6 Å². The number of esters is 1. The fraction of sp³-hybridized carbons (Fsp3) is 0.341. The van der Waals surface area contributed by atoms with Crippen molar-refractivity contribution in [3.8, 4) is 11.5 Å². The first-order valence-electron chi connectivity index (χ1n) is 18.7. The van der Waals surface area contributed by atoms with Gasteiger partial charge in [-0.1, -0.05) is 54.6 Å². The summed E-state index contributed by atoms with van der Waals surface area (Å²) in [7, 11) is 3.12. The van der Waals surface area contributed by atoms with Gasteiger partial charge in [-0.3, -0.25) is 33.5 Å². The molecule has 17 nitrogen and oxygen atoms in total. The lowest BCUT2D eigenvalue weighted by molar-refractivity contribution is -0.150.